The van der Waals surface area contributed by atoms with Gasteiger partial charge in [-0.1, -0.05) is 29.8 Å². The average molecular weight is 312 g/mol. The van der Waals surface area contributed by atoms with E-state index in [1.165, 1.54) is 11.1 Å². The Balaban J connectivity index is 1.60. The SMILES string of the molecule is Cc1cccc(CNc2cc(C)nc(NCC3CCCO3)n2)c1. The number of aromatic nitrogens is 2. The summed E-state index contributed by atoms with van der Waals surface area (Å²) in [6, 6.07) is 10.4. The van der Waals surface area contributed by atoms with Crippen LogP contribution < -0.4 is 10.6 Å². The molecule has 1 unspecified atom stereocenters. The molecule has 1 aliphatic rings. The fraction of sp³-hybridized carbons (Fsp3) is 0.444. The first-order chi connectivity index (χ1) is 11.2. The van der Waals surface area contributed by atoms with Crippen LogP contribution in [0.15, 0.2) is 30.3 Å². The summed E-state index contributed by atoms with van der Waals surface area (Å²) >= 11 is 0. The fourth-order valence-corrected chi connectivity index (χ4v) is 2.76. The summed E-state index contributed by atoms with van der Waals surface area (Å²) in [4.78, 5) is 8.99. The Labute approximate surface area is 137 Å². The second-order valence-corrected chi connectivity index (χ2v) is 6.08. The summed E-state index contributed by atoms with van der Waals surface area (Å²) in [5.74, 6) is 1.50. The molecule has 5 heteroatoms. The van der Waals surface area contributed by atoms with Crippen LogP contribution in [0, 0.1) is 13.8 Å². The number of benzene rings is 1. The number of hydrogen-bond acceptors (Lipinski definition) is 5. The van der Waals surface area contributed by atoms with Gasteiger partial charge in [0.15, 0.2) is 0 Å². The zero-order valence-corrected chi connectivity index (χ0v) is 13.8. The average Bonchev–Trinajstić information content (AvgIpc) is 3.04. The molecule has 0 saturated carbocycles. The number of hydrogen-bond donors (Lipinski definition) is 2. The van der Waals surface area contributed by atoms with Crippen molar-refractivity contribution in [1.82, 2.24) is 9.97 Å². The minimum atomic E-state index is 0.280. The first-order valence-corrected chi connectivity index (χ1v) is 8.19. The van der Waals surface area contributed by atoms with Crippen molar-refractivity contribution in [2.24, 2.45) is 0 Å². The summed E-state index contributed by atoms with van der Waals surface area (Å²) in [5, 5.41) is 6.66. The molecule has 5 nitrogen and oxygen atoms in total. The lowest BCUT2D eigenvalue weighted by atomic mass is 10.1. The number of nitrogens with zero attached hydrogens (tertiary/aromatic N) is 2. The van der Waals surface area contributed by atoms with E-state index in [-0.39, 0.29) is 6.10 Å². The molecule has 1 aliphatic heterocycles. The molecular weight excluding hydrogens is 288 g/mol. The van der Waals surface area contributed by atoms with E-state index in [9.17, 15) is 0 Å². The van der Waals surface area contributed by atoms with Crippen molar-refractivity contribution in [3.63, 3.8) is 0 Å². The van der Waals surface area contributed by atoms with Crippen LogP contribution in [-0.2, 0) is 11.3 Å². The van der Waals surface area contributed by atoms with Gasteiger partial charge in [0.1, 0.15) is 5.82 Å². The van der Waals surface area contributed by atoms with E-state index in [4.69, 9.17) is 4.74 Å². The molecule has 0 bridgehead atoms. The zero-order valence-electron chi connectivity index (χ0n) is 13.8. The highest BCUT2D eigenvalue weighted by Gasteiger charge is 2.15. The minimum Gasteiger partial charge on any atom is -0.376 e. The van der Waals surface area contributed by atoms with Crippen molar-refractivity contribution in [2.45, 2.75) is 39.3 Å². The first-order valence-electron chi connectivity index (χ1n) is 8.19. The van der Waals surface area contributed by atoms with Gasteiger partial charge in [0.2, 0.25) is 5.95 Å². The highest BCUT2D eigenvalue weighted by atomic mass is 16.5. The first kappa shape index (κ1) is 15.7. The van der Waals surface area contributed by atoms with Crippen LogP contribution in [0.4, 0.5) is 11.8 Å². The van der Waals surface area contributed by atoms with E-state index in [2.05, 4.69) is 51.8 Å². The van der Waals surface area contributed by atoms with Crippen LogP contribution in [0.25, 0.3) is 0 Å². The third-order valence-electron chi connectivity index (χ3n) is 3.92. The topological polar surface area (TPSA) is 59.1 Å². The molecule has 1 aromatic carbocycles. The van der Waals surface area contributed by atoms with Crippen molar-refractivity contribution in [2.75, 3.05) is 23.8 Å². The second-order valence-electron chi connectivity index (χ2n) is 6.08. The maximum atomic E-state index is 5.62. The molecule has 3 rings (SSSR count). The minimum absolute atomic E-state index is 0.280. The van der Waals surface area contributed by atoms with Crippen LogP contribution in [-0.4, -0.2) is 29.2 Å². The summed E-state index contributed by atoms with van der Waals surface area (Å²) < 4.78 is 5.62. The van der Waals surface area contributed by atoms with Gasteiger partial charge in [-0.15, -0.1) is 0 Å². The van der Waals surface area contributed by atoms with E-state index < -0.39 is 0 Å². The van der Waals surface area contributed by atoms with Crippen LogP contribution in [0.5, 0.6) is 0 Å². The van der Waals surface area contributed by atoms with Crippen molar-refractivity contribution in [3.05, 3.63) is 47.2 Å². The maximum absolute atomic E-state index is 5.62. The lowest BCUT2D eigenvalue weighted by Crippen LogP contribution is -2.20. The molecule has 1 fully saturated rings. The summed E-state index contributed by atoms with van der Waals surface area (Å²) in [7, 11) is 0. The molecule has 0 aliphatic carbocycles. The number of nitrogens with one attached hydrogen (secondary N) is 2. The molecule has 122 valence electrons. The third-order valence-corrected chi connectivity index (χ3v) is 3.92. The van der Waals surface area contributed by atoms with Gasteiger partial charge in [0, 0.05) is 31.5 Å². The number of aryl methyl sites for hydroxylation is 2. The van der Waals surface area contributed by atoms with Gasteiger partial charge in [-0.25, -0.2) is 4.98 Å². The van der Waals surface area contributed by atoms with Gasteiger partial charge in [-0.05, 0) is 32.3 Å². The van der Waals surface area contributed by atoms with Gasteiger partial charge in [-0.2, -0.15) is 4.98 Å². The van der Waals surface area contributed by atoms with E-state index in [0.29, 0.717) is 5.95 Å². The molecule has 0 amide bonds. The Morgan fingerprint density at radius 1 is 1.17 bits per heavy atom. The van der Waals surface area contributed by atoms with Crippen LogP contribution in [0.1, 0.15) is 29.7 Å². The third kappa shape index (κ3) is 4.66. The van der Waals surface area contributed by atoms with E-state index in [1.807, 2.05) is 13.0 Å². The lowest BCUT2D eigenvalue weighted by Gasteiger charge is -2.13. The predicted molar refractivity (Wildman–Crippen MR) is 92.7 cm³/mol. The molecule has 23 heavy (non-hydrogen) atoms. The zero-order chi connectivity index (χ0) is 16.1. The molecule has 2 heterocycles. The van der Waals surface area contributed by atoms with Gasteiger partial charge in [0.05, 0.1) is 6.10 Å². The molecule has 0 spiro atoms. The number of rotatable bonds is 6. The largest absolute Gasteiger partial charge is 0.376 e. The quantitative estimate of drug-likeness (QED) is 0.857. The monoisotopic (exact) mass is 312 g/mol. The van der Waals surface area contributed by atoms with Gasteiger partial charge in [-0.3, -0.25) is 0 Å². The van der Waals surface area contributed by atoms with Gasteiger partial charge in [0.25, 0.3) is 0 Å². The van der Waals surface area contributed by atoms with E-state index >= 15 is 0 Å². The van der Waals surface area contributed by atoms with Crippen molar-refractivity contribution in [3.8, 4) is 0 Å². The Kier molecular flexibility index (Phi) is 5.08. The van der Waals surface area contributed by atoms with Crippen LogP contribution in [0.3, 0.4) is 0 Å². The highest BCUT2D eigenvalue weighted by molar-refractivity contribution is 5.43. The summed E-state index contributed by atoms with van der Waals surface area (Å²) in [6.45, 7) is 6.47. The van der Waals surface area contributed by atoms with E-state index in [0.717, 1.165) is 44.0 Å². The molecule has 1 aromatic heterocycles. The predicted octanol–water partition coefficient (Wildman–Crippen LogP) is 3.30. The Morgan fingerprint density at radius 3 is 2.87 bits per heavy atom. The Bertz CT molecular complexity index is 653. The molecule has 2 N–H and O–H groups in total. The van der Waals surface area contributed by atoms with Crippen molar-refractivity contribution < 1.29 is 4.74 Å². The standard InChI is InChI=1S/C18H24N4O/c1-13-5-3-6-15(9-13)11-19-17-10-14(2)21-18(22-17)20-12-16-7-4-8-23-16/h3,5-6,9-10,16H,4,7-8,11-12H2,1-2H3,(H2,19,20,21,22). The molecule has 2 aromatic rings. The van der Waals surface area contributed by atoms with Gasteiger partial charge < -0.3 is 15.4 Å². The van der Waals surface area contributed by atoms with Crippen LogP contribution >= 0.6 is 0 Å². The summed E-state index contributed by atoms with van der Waals surface area (Å²) in [5.41, 5.74) is 3.46. The van der Waals surface area contributed by atoms with Crippen molar-refractivity contribution in [1.29, 1.82) is 0 Å². The Morgan fingerprint density at radius 2 is 2.09 bits per heavy atom. The smallest absolute Gasteiger partial charge is 0.224 e. The normalized spacial score (nSPS) is 17.2. The number of anilines is 2. The van der Waals surface area contributed by atoms with Gasteiger partial charge >= 0.3 is 0 Å². The fourth-order valence-electron chi connectivity index (χ4n) is 2.76. The van der Waals surface area contributed by atoms with E-state index in [1.54, 1.807) is 0 Å². The van der Waals surface area contributed by atoms with Crippen LogP contribution in [0.2, 0.25) is 0 Å². The lowest BCUT2D eigenvalue weighted by molar-refractivity contribution is 0.120. The van der Waals surface area contributed by atoms with Crippen molar-refractivity contribution >= 4 is 11.8 Å². The summed E-state index contributed by atoms with van der Waals surface area (Å²) in [6.07, 6.45) is 2.53. The molecule has 0 radical (unpaired) electrons. The molecule has 1 saturated heterocycles. The number of ether oxygens (including phenoxy) is 1. The maximum Gasteiger partial charge on any atom is 0.224 e. The Hall–Kier alpha value is -2.14. The molecular formula is C18H24N4O. The second kappa shape index (κ2) is 7.42. The highest BCUT2D eigenvalue weighted by Crippen LogP contribution is 2.15. The molecule has 1 atom stereocenters.